The van der Waals surface area contributed by atoms with Crippen LogP contribution in [-0.4, -0.2) is 5.91 Å². The Bertz CT molecular complexity index is 805. The maximum atomic E-state index is 12.7. The molecule has 116 valence electrons. The van der Waals surface area contributed by atoms with Gasteiger partial charge in [0.15, 0.2) is 0 Å². The number of nitrogens with one attached hydrogen (secondary N) is 1. The number of carbonyl (C=O) groups is 1. The number of aryl methyl sites for hydroxylation is 1. The lowest BCUT2D eigenvalue weighted by atomic mass is 9.99. The molecule has 0 saturated heterocycles. The highest BCUT2D eigenvalue weighted by atomic mass is 16.3. The molecule has 0 radical (unpaired) electrons. The third-order valence-electron chi connectivity index (χ3n) is 3.79. The zero-order chi connectivity index (χ0) is 16.2. The molecule has 23 heavy (non-hydrogen) atoms. The minimum atomic E-state index is -0.181. The van der Waals surface area contributed by atoms with Crippen molar-refractivity contribution in [1.29, 1.82) is 0 Å². The van der Waals surface area contributed by atoms with E-state index in [1.807, 2.05) is 80.6 Å². The van der Waals surface area contributed by atoms with Gasteiger partial charge in [-0.25, -0.2) is 0 Å². The van der Waals surface area contributed by atoms with E-state index in [9.17, 15) is 4.79 Å². The van der Waals surface area contributed by atoms with Gasteiger partial charge in [0.25, 0.3) is 5.91 Å². The number of carbonyl (C=O) groups excluding carboxylic acids is 1. The predicted octanol–water partition coefficient (Wildman–Crippen LogP) is 4.75. The van der Waals surface area contributed by atoms with Gasteiger partial charge >= 0.3 is 0 Å². The van der Waals surface area contributed by atoms with Gasteiger partial charge in [-0.3, -0.25) is 4.79 Å². The van der Waals surface area contributed by atoms with Crippen molar-refractivity contribution in [3.05, 3.63) is 83.8 Å². The molecule has 1 heterocycles. The highest BCUT2D eigenvalue weighted by Gasteiger charge is 2.17. The number of hydrogen-bond acceptors (Lipinski definition) is 2. The highest BCUT2D eigenvalue weighted by molar-refractivity contribution is 6.01. The summed E-state index contributed by atoms with van der Waals surface area (Å²) in [7, 11) is 0. The van der Waals surface area contributed by atoms with Crippen molar-refractivity contribution in [1.82, 2.24) is 5.32 Å². The standard InChI is InChI=1S/C20H19NO2/c1-14-12-13-19(23-14)15(2)21-20(22)18-11-7-6-10-17(18)16-8-4-3-5-9-16/h3-13,15H,1-2H3,(H,21,22). The van der Waals surface area contributed by atoms with Crippen LogP contribution in [0.1, 0.15) is 34.8 Å². The topological polar surface area (TPSA) is 42.2 Å². The molecule has 2 aromatic carbocycles. The maximum absolute atomic E-state index is 12.7. The van der Waals surface area contributed by atoms with Gasteiger partial charge in [-0.1, -0.05) is 48.5 Å². The van der Waals surface area contributed by atoms with E-state index in [4.69, 9.17) is 4.42 Å². The zero-order valence-corrected chi connectivity index (χ0v) is 13.2. The van der Waals surface area contributed by atoms with Gasteiger partial charge in [-0.2, -0.15) is 0 Å². The first-order valence-corrected chi connectivity index (χ1v) is 7.67. The molecule has 1 aromatic heterocycles. The lowest BCUT2D eigenvalue weighted by Crippen LogP contribution is -2.26. The van der Waals surface area contributed by atoms with E-state index >= 15 is 0 Å². The van der Waals surface area contributed by atoms with Crippen LogP contribution < -0.4 is 5.32 Å². The van der Waals surface area contributed by atoms with Crippen LogP contribution in [0, 0.1) is 6.92 Å². The fraction of sp³-hybridized carbons (Fsp3) is 0.150. The summed E-state index contributed by atoms with van der Waals surface area (Å²) in [4.78, 5) is 12.7. The molecule has 3 heteroatoms. The van der Waals surface area contributed by atoms with Crippen LogP contribution in [0.3, 0.4) is 0 Å². The summed E-state index contributed by atoms with van der Waals surface area (Å²) in [5.74, 6) is 1.49. The number of hydrogen-bond donors (Lipinski definition) is 1. The molecule has 3 nitrogen and oxygen atoms in total. The Kier molecular flexibility index (Phi) is 4.29. The molecular formula is C20H19NO2. The van der Waals surface area contributed by atoms with E-state index in [1.165, 1.54) is 0 Å². The lowest BCUT2D eigenvalue weighted by Gasteiger charge is -2.14. The van der Waals surface area contributed by atoms with Gasteiger partial charge in [0.1, 0.15) is 11.5 Å². The van der Waals surface area contributed by atoms with Gasteiger partial charge in [0.05, 0.1) is 6.04 Å². The van der Waals surface area contributed by atoms with Crippen molar-refractivity contribution in [2.45, 2.75) is 19.9 Å². The molecule has 3 aromatic rings. The molecule has 1 unspecified atom stereocenters. The van der Waals surface area contributed by atoms with E-state index in [0.29, 0.717) is 5.56 Å². The van der Waals surface area contributed by atoms with Gasteiger partial charge in [-0.05, 0) is 43.2 Å². The second kappa shape index (κ2) is 6.53. The van der Waals surface area contributed by atoms with Crippen LogP contribution >= 0.6 is 0 Å². The summed E-state index contributed by atoms with van der Waals surface area (Å²) in [6.07, 6.45) is 0. The Morgan fingerprint density at radius 3 is 2.35 bits per heavy atom. The minimum absolute atomic E-state index is 0.106. The first-order chi connectivity index (χ1) is 11.1. The molecule has 0 aliphatic rings. The van der Waals surface area contributed by atoms with Gasteiger partial charge in [0.2, 0.25) is 0 Å². The summed E-state index contributed by atoms with van der Waals surface area (Å²) in [6.45, 7) is 3.81. The van der Waals surface area contributed by atoms with Crippen molar-refractivity contribution < 1.29 is 9.21 Å². The van der Waals surface area contributed by atoms with Crippen LogP contribution in [-0.2, 0) is 0 Å². The van der Waals surface area contributed by atoms with E-state index in [-0.39, 0.29) is 11.9 Å². The second-order valence-electron chi connectivity index (χ2n) is 5.56. The third-order valence-corrected chi connectivity index (χ3v) is 3.79. The van der Waals surface area contributed by atoms with Crippen LogP contribution in [0.2, 0.25) is 0 Å². The van der Waals surface area contributed by atoms with Gasteiger partial charge in [-0.15, -0.1) is 0 Å². The van der Waals surface area contributed by atoms with E-state index in [1.54, 1.807) is 0 Å². The fourth-order valence-electron chi connectivity index (χ4n) is 2.58. The number of rotatable bonds is 4. The number of furan rings is 1. The largest absolute Gasteiger partial charge is 0.464 e. The normalized spacial score (nSPS) is 11.9. The SMILES string of the molecule is Cc1ccc(C(C)NC(=O)c2ccccc2-c2ccccc2)o1. The lowest BCUT2D eigenvalue weighted by molar-refractivity contribution is 0.0936. The third kappa shape index (κ3) is 3.34. The molecule has 0 saturated carbocycles. The summed E-state index contributed by atoms with van der Waals surface area (Å²) >= 11 is 0. The Morgan fingerprint density at radius 2 is 1.65 bits per heavy atom. The van der Waals surface area contributed by atoms with Crippen molar-refractivity contribution in [2.75, 3.05) is 0 Å². The monoisotopic (exact) mass is 305 g/mol. The van der Waals surface area contributed by atoms with E-state index in [0.717, 1.165) is 22.6 Å². The quantitative estimate of drug-likeness (QED) is 0.756. The number of amides is 1. The summed E-state index contributed by atoms with van der Waals surface area (Å²) in [6, 6.07) is 21.2. The van der Waals surface area contributed by atoms with Crippen LogP contribution in [0.25, 0.3) is 11.1 Å². The number of benzene rings is 2. The second-order valence-corrected chi connectivity index (χ2v) is 5.56. The fourth-order valence-corrected chi connectivity index (χ4v) is 2.58. The summed E-state index contributed by atoms with van der Waals surface area (Å²) < 4.78 is 5.58. The first kappa shape index (κ1) is 15.1. The van der Waals surface area contributed by atoms with Crippen molar-refractivity contribution in [3.63, 3.8) is 0 Å². The maximum Gasteiger partial charge on any atom is 0.252 e. The Balaban J connectivity index is 1.86. The minimum Gasteiger partial charge on any atom is -0.464 e. The Labute approximate surface area is 136 Å². The van der Waals surface area contributed by atoms with Crippen molar-refractivity contribution >= 4 is 5.91 Å². The van der Waals surface area contributed by atoms with Crippen LogP contribution in [0.5, 0.6) is 0 Å². The average molecular weight is 305 g/mol. The molecule has 0 aliphatic heterocycles. The van der Waals surface area contributed by atoms with Crippen LogP contribution in [0.4, 0.5) is 0 Å². The van der Waals surface area contributed by atoms with Crippen molar-refractivity contribution in [2.24, 2.45) is 0 Å². The Hall–Kier alpha value is -2.81. The zero-order valence-electron chi connectivity index (χ0n) is 13.2. The van der Waals surface area contributed by atoms with Gasteiger partial charge < -0.3 is 9.73 Å². The van der Waals surface area contributed by atoms with E-state index in [2.05, 4.69) is 5.32 Å². The Morgan fingerprint density at radius 1 is 0.957 bits per heavy atom. The molecule has 1 N–H and O–H groups in total. The van der Waals surface area contributed by atoms with Crippen molar-refractivity contribution in [3.8, 4) is 11.1 Å². The highest BCUT2D eigenvalue weighted by Crippen LogP contribution is 2.24. The molecule has 1 atom stereocenters. The molecule has 3 rings (SSSR count). The molecule has 0 spiro atoms. The van der Waals surface area contributed by atoms with Gasteiger partial charge in [0, 0.05) is 5.56 Å². The smallest absolute Gasteiger partial charge is 0.252 e. The molecule has 0 aliphatic carbocycles. The predicted molar refractivity (Wildman–Crippen MR) is 91.2 cm³/mol. The molecular weight excluding hydrogens is 286 g/mol. The first-order valence-electron chi connectivity index (χ1n) is 7.67. The molecule has 0 bridgehead atoms. The summed E-state index contributed by atoms with van der Waals surface area (Å²) in [5, 5.41) is 3.00. The molecule has 1 amide bonds. The van der Waals surface area contributed by atoms with Crippen LogP contribution in [0.15, 0.2) is 71.1 Å². The average Bonchev–Trinajstić information content (AvgIpc) is 3.02. The van der Waals surface area contributed by atoms with E-state index < -0.39 is 0 Å². The molecule has 0 fully saturated rings. The summed E-state index contributed by atoms with van der Waals surface area (Å²) in [5.41, 5.74) is 2.61.